The van der Waals surface area contributed by atoms with E-state index < -0.39 is 0 Å². The third-order valence-electron chi connectivity index (χ3n) is 5.55. The Balaban J connectivity index is 1.35. The summed E-state index contributed by atoms with van der Waals surface area (Å²) in [7, 11) is 0. The van der Waals surface area contributed by atoms with Crippen molar-refractivity contribution in [3.63, 3.8) is 0 Å². The zero-order valence-electron chi connectivity index (χ0n) is 13.8. The van der Waals surface area contributed by atoms with Gasteiger partial charge in [-0.2, -0.15) is 0 Å². The van der Waals surface area contributed by atoms with Crippen LogP contribution in [0.3, 0.4) is 0 Å². The van der Waals surface area contributed by atoms with Crippen molar-refractivity contribution in [3.8, 4) is 0 Å². The zero-order valence-corrected chi connectivity index (χ0v) is 13.8. The predicted molar refractivity (Wildman–Crippen MR) is 86.3 cm³/mol. The number of amides is 2. The molecule has 130 valence electrons. The highest BCUT2D eigenvalue weighted by Crippen LogP contribution is 2.36. The molecule has 3 fully saturated rings. The van der Waals surface area contributed by atoms with Gasteiger partial charge in [-0.3, -0.25) is 9.59 Å². The molecule has 6 nitrogen and oxygen atoms in total. The molecule has 24 heavy (non-hydrogen) atoms. The minimum Gasteiger partial charge on any atom is -0.472 e. The molecule has 2 saturated heterocycles. The van der Waals surface area contributed by atoms with Gasteiger partial charge in [0.25, 0.3) is 5.91 Å². The van der Waals surface area contributed by atoms with E-state index in [-0.39, 0.29) is 17.7 Å². The fraction of sp³-hybridized carbons (Fsp3) is 0.667. The van der Waals surface area contributed by atoms with Crippen molar-refractivity contribution >= 4 is 11.8 Å². The first-order chi connectivity index (χ1) is 11.7. The first-order valence-electron chi connectivity index (χ1n) is 8.86. The van der Waals surface area contributed by atoms with Crippen molar-refractivity contribution in [1.82, 2.24) is 10.2 Å². The lowest BCUT2D eigenvalue weighted by atomic mass is 9.81. The normalized spacial score (nSPS) is 29.3. The van der Waals surface area contributed by atoms with E-state index in [1.165, 1.54) is 25.4 Å². The Morgan fingerprint density at radius 3 is 2.88 bits per heavy atom. The maximum atomic E-state index is 12.5. The van der Waals surface area contributed by atoms with Crippen LogP contribution in [0.15, 0.2) is 23.0 Å². The molecule has 3 aliphatic rings. The molecule has 3 heterocycles. The zero-order chi connectivity index (χ0) is 16.5. The SMILES string of the molecule is O=C(C[C@@H]1COC[C@H]2CN(C(=O)c3ccoc3)C[C@@H]12)NCC1CC1. The number of likely N-dealkylation sites (tertiary alicyclic amines) is 1. The fourth-order valence-electron chi connectivity index (χ4n) is 3.94. The molecular formula is C18H24N2O4. The van der Waals surface area contributed by atoms with Crippen LogP contribution in [0.1, 0.15) is 29.6 Å². The molecule has 4 rings (SSSR count). The summed E-state index contributed by atoms with van der Waals surface area (Å²) in [5.74, 6) is 1.70. The number of nitrogens with one attached hydrogen (secondary N) is 1. The third kappa shape index (κ3) is 3.34. The Bertz CT molecular complexity index is 596. The molecule has 1 aromatic heterocycles. The summed E-state index contributed by atoms with van der Waals surface area (Å²) < 4.78 is 10.7. The fourth-order valence-corrected chi connectivity index (χ4v) is 3.94. The number of furan rings is 1. The topological polar surface area (TPSA) is 71.8 Å². The molecule has 0 radical (unpaired) electrons. The molecule has 6 heteroatoms. The van der Waals surface area contributed by atoms with Crippen molar-refractivity contribution in [2.75, 3.05) is 32.8 Å². The summed E-state index contributed by atoms with van der Waals surface area (Å²) in [6.45, 7) is 3.52. The smallest absolute Gasteiger partial charge is 0.257 e. The van der Waals surface area contributed by atoms with E-state index in [1.54, 1.807) is 6.07 Å². The average Bonchev–Trinajstić information content (AvgIpc) is 3.08. The van der Waals surface area contributed by atoms with Gasteiger partial charge in [0.1, 0.15) is 6.26 Å². The largest absolute Gasteiger partial charge is 0.472 e. The van der Waals surface area contributed by atoms with Crippen molar-refractivity contribution in [1.29, 1.82) is 0 Å². The number of carbonyl (C=O) groups excluding carboxylic acids is 2. The van der Waals surface area contributed by atoms with E-state index in [0.29, 0.717) is 56.0 Å². The monoisotopic (exact) mass is 332 g/mol. The molecule has 3 atom stereocenters. The lowest BCUT2D eigenvalue weighted by Gasteiger charge is -2.32. The Kier molecular flexibility index (Phi) is 4.31. The molecule has 0 aromatic carbocycles. The second-order valence-electron chi connectivity index (χ2n) is 7.40. The highest BCUT2D eigenvalue weighted by Gasteiger charge is 2.43. The number of fused-ring (bicyclic) bond motifs is 1. The summed E-state index contributed by atoms with van der Waals surface area (Å²) in [6.07, 6.45) is 5.99. The highest BCUT2D eigenvalue weighted by molar-refractivity contribution is 5.94. The number of ether oxygens (including phenoxy) is 1. The van der Waals surface area contributed by atoms with Crippen molar-refractivity contribution in [2.45, 2.75) is 19.3 Å². The van der Waals surface area contributed by atoms with Crippen molar-refractivity contribution in [3.05, 3.63) is 24.2 Å². The molecule has 1 saturated carbocycles. The van der Waals surface area contributed by atoms with Crippen LogP contribution in [0.2, 0.25) is 0 Å². The Hall–Kier alpha value is -1.82. The molecule has 1 aliphatic carbocycles. The molecule has 0 bridgehead atoms. The van der Waals surface area contributed by atoms with E-state index in [2.05, 4.69) is 5.32 Å². The maximum Gasteiger partial charge on any atom is 0.257 e. The third-order valence-corrected chi connectivity index (χ3v) is 5.55. The molecular weight excluding hydrogens is 308 g/mol. The first kappa shape index (κ1) is 15.7. The highest BCUT2D eigenvalue weighted by atomic mass is 16.5. The molecule has 1 aromatic rings. The molecule has 2 amide bonds. The number of hydrogen-bond donors (Lipinski definition) is 1. The molecule has 0 spiro atoms. The van der Waals surface area contributed by atoms with Crippen LogP contribution >= 0.6 is 0 Å². The van der Waals surface area contributed by atoms with Crippen LogP contribution in [-0.4, -0.2) is 49.6 Å². The van der Waals surface area contributed by atoms with Gasteiger partial charge in [0.15, 0.2) is 0 Å². The van der Waals surface area contributed by atoms with E-state index in [4.69, 9.17) is 9.15 Å². The number of nitrogens with zero attached hydrogens (tertiary/aromatic N) is 1. The Morgan fingerprint density at radius 2 is 2.12 bits per heavy atom. The van der Waals surface area contributed by atoms with E-state index >= 15 is 0 Å². The van der Waals surface area contributed by atoms with E-state index in [0.717, 1.165) is 6.54 Å². The summed E-state index contributed by atoms with van der Waals surface area (Å²) >= 11 is 0. The standard InChI is InChI=1S/C18H24N2O4/c21-17(19-6-12-1-2-12)5-14-10-24-11-15-7-20(8-16(14)15)18(22)13-3-4-23-9-13/h3-4,9,12,14-16H,1-2,5-8,10-11H2,(H,19,21)/t14-,15-,16+/m1/s1. The van der Waals surface area contributed by atoms with Crippen molar-refractivity contribution in [2.24, 2.45) is 23.7 Å². The summed E-state index contributed by atoms with van der Waals surface area (Å²) in [4.78, 5) is 26.6. The van der Waals surface area contributed by atoms with Gasteiger partial charge in [-0.05, 0) is 36.7 Å². The summed E-state index contributed by atoms with van der Waals surface area (Å²) in [5, 5.41) is 3.04. The van der Waals surface area contributed by atoms with Crippen LogP contribution in [-0.2, 0) is 9.53 Å². The predicted octanol–water partition coefficient (Wildman–Crippen LogP) is 1.53. The quantitative estimate of drug-likeness (QED) is 0.888. The molecule has 1 N–H and O–H groups in total. The average molecular weight is 332 g/mol. The van der Waals surface area contributed by atoms with Gasteiger partial charge in [0, 0.05) is 32.0 Å². The van der Waals surface area contributed by atoms with Gasteiger partial charge >= 0.3 is 0 Å². The minimum absolute atomic E-state index is 0.00934. The second-order valence-corrected chi connectivity index (χ2v) is 7.40. The Morgan fingerprint density at radius 1 is 1.25 bits per heavy atom. The van der Waals surface area contributed by atoms with Gasteiger partial charge < -0.3 is 19.4 Å². The van der Waals surface area contributed by atoms with E-state index in [9.17, 15) is 9.59 Å². The van der Waals surface area contributed by atoms with Crippen molar-refractivity contribution < 1.29 is 18.7 Å². The number of carbonyl (C=O) groups is 2. The van der Waals surface area contributed by atoms with Crippen LogP contribution in [0.4, 0.5) is 0 Å². The van der Waals surface area contributed by atoms with Gasteiger partial charge in [-0.15, -0.1) is 0 Å². The van der Waals surface area contributed by atoms with Gasteiger partial charge in [-0.25, -0.2) is 0 Å². The molecule has 2 aliphatic heterocycles. The number of rotatable bonds is 5. The summed E-state index contributed by atoms with van der Waals surface area (Å²) in [5.41, 5.74) is 0.591. The lowest BCUT2D eigenvalue weighted by Crippen LogP contribution is -2.38. The van der Waals surface area contributed by atoms with Crippen LogP contribution in [0.25, 0.3) is 0 Å². The maximum absolute atomic E-state index is 12.5. The van der Waals surface area contributed by atoms with Gasteiger partial charge in [0.05, 0.1) is 25.0 Å². The van der Waals surface area contributed by atoms with Crippen LogP contribution in [0.5, 0.6) is 0 Å². The van der Waals surface area contributed by atoms with Gasteiger partial charge in [0.2, 0.25) is 5.91 Å². The lowest BCUT2D eigenvalue weighted by molar-refractivity contribution is -0.124. The van der Waals surface area contributed by atoms with Gasteiger partial charge in [-0.1, -0.05) is 0 Å². The first-order valence-corrected chi connectivity index (χ1v) is 8.86. The number of hydrogen-bond acceptors (Lipinski definition) is 4. The molecule has 0 unspecified atom stereocenters. The second kappa shape index (κ2) is 6.59. The minimum atomic E-state index is 0.00934. The van der Waals surface area contributed by atoms with Crippen LogP contribution in [0, 0.1) is 23.7 Å². The van der Waals surface area contributed by atoms with E-state index in [1.807, 2.05) is 4.90 Å². The van der Waals surface area contributed by atoms with Crippen LogP contribution < -0.4 is 5.32 Å². The Labute approximate surface area is 141 Å². The summed E-state index contributed by atoms with van der Waals surface area (Å²) in [6, 6.07) is 1.70.